The SMILES string of the molecule is COC(=O)c1cnn(Cc2cn(CCc3cncc(C)n3)nn2)c1. The van der Waals surface area contributed by atoms with E-state index >= 15 is 0 Å². The summed E-state index contributed by atoms with van der Waals surface area (Å²) < 4.78 is 8.02. The number of carbonyl (C=O) groups is 1. The van der Waals surface area contributed by atoms with E-state index in [4.69, 9.17) is 0 Å². The molecule has 3 aromatic heterocycles. The zero-order chi connectivity index (χ0) is 16.9. The molecule has 3 aromatic rings. The third kappa shape index (κ3) is 3.80. The van der Waals surface area contributed by atoms with Gasteiger partial charge in [-0.2, -0.15) is 5.10 Å². The number of hydrogen-bond donors (Lipinski definition) is 0. The van der Waals surface area contributed by atoms with Crippen LogP contribution >= 0.6 is 0 Å². The van der Waals surface area contributed by atoms with Crippen molar-refractivity contribution in [3.8, 4) is 0 Å². The van der Waals surface area contributed by atoms with Gasteiger partial charge >= 0.3 is 5.97 Å². The standard InChI is InChI=1S/C15H17N7O2/c1-11-5-16-7-13(18-11)3-4-21-9-14(19-20-21)10-22-8-12(6-17-22)15(23)24-2/h5-9H,3-4,10H2,1-2H3. The normalized spacial score (nSPS) is 10.8. The van der Waals surface area contributed by atoms with E-state index in [0.717, 1.165) is 23.5 Å². The molecule has 0 saturated carbocycles. The van der Waals surface area contributed by atoms with Crippen LogP contribution in [0.4, 0.5) is 0 Å². The maximum absolute atomic E-state index is 11.4. The van der Waals surface area contributed by atoms with E-state index in [9.17, 15) is 4.79 Å². The number of rotatable bonds is 6. The highest BCUT2D eigenvalue weighted by Gasteiger charge is 2.09. The van der Waals surface area contributed by atoms with Gasteiger partial charge in [-0.05, 0) is 6.92 Å². The van der Waals surface area contributed by atoms with Crippen LogP contribution in [0.2, 0.25) is 0 Å². The largest absolute Gasteiger partial charge is 0.465 e. The topological polar surface area (TPSA) is 101 Å². The van der Waals surface area contributed by atoms with Gasteiger partial charge in [0.1, 0.15) is 5.69 Å². The second kappa shape index (κ2) is 6.99. The highest BCUT2D eigenvalue weighted by molar-refractivity contribution is 5.88. The first-order valence-electron chi connectivity index (χ1n) is 7.41. The summed E-state index contributed by atoms with van der Waals surface area (Å²) in [5.41, 5.74) is 2.97. The van der Waals surface area contributed by atoms with E-state index in [-0.39, 0.29) is 0 Å². The average molecular weight is 327 g/mol. The van der Waals surface area contributed by atoms with Gasteiger partial charge in [0.25, 0.3) is 0 Å². The lowest BCUT2D eigenvalue weighted by Gasteiger charge is -2.01. The van der Waals surface area contributed by atoms with Crippen LogP contribution in [0.15, 0.2) is 31.0 Å². The van der Waals surface area contributed by atoms with Crippen molar-refractivity contribution in [2.75, 3.05) is 7.11 Å². The van der Waals surface area contributed by atoms with Gasteiger partial charge in [-0.25, -0.2) is 4.79 Å². The van der Waals surface area contributed by atoms with E-state index in [1.54, 1.807) is 28.0 Å². The first-order valence-corrected chi connectivity index (χ1v) is 7.41. The second-order valence-corrected chi connectivity index (χ2v) is 5.29. The predicted octanol–water partition coefficient (Wildman–Crippen LogP) is 0.651. The minimum Gasteiger partial charge on any atom is -0.465 e. The van der Waals surface area contributed by atoms with Crippen LogP contribution in [0, 0.1) is 6.92 Å². The molecule has 24 heavy (non-hydrogen) atoms. The summed E-state index contributed by atoms with van der Waals surface area (Å²) in [7, 11) is 1.34. The van der Waals surface area contributed by atoms with Crippen LogP contribution in [0.3, 0.4) is 0 Å². The van der Waals surface area contributed by atoms with Gasteiger partial charge in [0.05, 0.1) is 43.0 Å². The van der Waals surface area contributed by atoms with E-state index in [0.29, 0.717) is 18.7 Å². The first kappa shape index (κ1) is 15.8. The average Bonchev–Trinajstić information content (AvgIpc) is 3.22. The molecule has 3 heterocycles. The number of aryl methyl sites for hydroxylation is 3. The maximum atomic E-state index is 11.4. The Morgan fingerprint density at radius 2 is 2.04 bits per heavy atom. The molecule has 0 fully saturated rings. The predicted molar refractivity (Wildman–Crippen MR) is 83.2 cm³/mol. The minimum absolute atomic E-state index is 0.405. The molecular weight excluding hydrogens is 310 g/mol. The molecule has 9 nitrogen and oxygen atoms in total. The van der Waals surface area contributed by atoms with Gasteiger partial charge in [0.2, 0.25) is 0 Å². The molecule has 0 spiro atoms. The van der Waals surface area contributed by atoms with Gasteiger partial charge in [0, 0.05) is 31.6 Å². The van der Waals surface area contributed by atoms with Crippen LogP contribution < -0.4 is 0 Å². The van der Waals surface area contributed by atoms with Gasteiger partial charge in [-0.15, -0.1) is 5.10 Å². The van der Waals surface area contributed by atoms with Gasteiger partial charge in [-0.1, -0.05) is 5.21 Å². The third-order valence-corrected chi connectivity index (χ3v) is 3.37. The van der Waals surface area contributed by atoms with E-state index in [2.05, 4.69) is 30.1 Å². The fourth-order valence-corrected chi connectivity index (χ4v) is 2.22. The van der Waals surface area contributed by atoms with Crippen molar-refractivity contribution in [3.05, 3.63) is 53.6 Å². The quantitative estimate of drug-likeness (QED) is 0.613. The van der Waals surface area contributed by atoms with Crippen LogP contribution in [-0.4, -0.2) is 47.8 Å². The molecule has 3 rings (SSSR count). The van der Waals surface area contributed by atoms with Crippen molar-refractivity contribution in [2.24, 2.45) is 0 Å². The molecule has 0 aliphatic carbocycles. The lowest BCUT2D eigenvalue weighted by molar-refractivity contribution is 0.0600. The van der Waals surface area contributed by atoms with E-state index < -0.39 is 5.97 Å². The lowest BCUT2D eigenvalue weighted by Crippen LogP contribution is -2.04. The summed E-state index contributed by atoms with van der Waals surface area (Å²) in [6.45, 7) is 3.01. The molecule has 0 aromatic carbocycles. The number of hydrogen-bond acceptors (Lipinski definition) is 7. The lowest BCUT2D eigenvalue weighted by atomic mass is 10.3. The Hall–Kier alpha value is -3.10. The minimum atomic E-state index is -0.413. The molecular formula is C15H17N7O2. The van der Waals surface area contributed by atoms with Crippen LogP contribution in [0.25, 0.3) is 0 Å². The van der Waals surface area contributed by atoms with Crippen LogP contribution in [-0.2, 0) is 24.2 Å². The van der Waals surface area contributed by atoms with Gasteiger partial charge in [-0.3, -0.25) is 19.3 Å². The second-order valence-electron chi connectivity index (χ2n) is 5.29. The van der Waals surface area contributed by atoms with E-state index in [1.807, 2.05) is 13.1 Å². The third-order valence-electron chi connectivity index (χ3n) is 3.37. The Morgan fingerprint density at radius 1 is 1.17 bits per heavy atom. The molecule has 0 unspecified atom stereocenters. The molecule has 0 aliphatic rings. The monoisotopic (exact) mass is 327 g/mol. The summed E-state index contributed by atoms with van der Waals surface area (Å²) in [5, 5.41) is 12.3. The summed E-state index contributed by atoms with van der Waals surface area (Å²) in [5.74, 6) is -0.413. The van der Waals surface area contributed by atoms with Crippen molar-refractivity contribution in [1.82, 2.24) is 34.7 Å². The zero-order valence-corrected chi connectivity index (χ0v) is 13.5. The molecule has 9 heteroatoms. The fraction of sp³-hybridized carbons (Fsp3) is 0.333. The Kier molecular flexibility index (Phi) is 4.59. The molecule has 0 bridgehead atoms. The summed E-state index contributed by atoms with van der Waals surface area (Å²) in [6, 6.07) is 0. The number of esters is 1. The Morgan fingerprint density at radius 3 is 2.83 bits per heavy atom. The summed E-state index contributed by atoms with van der Waals surface area (Å²) in [4.78, 5) is 19.9. The van der Waals surface area contributed by atoms with E-state index in [1.165, 1.54) is 13.3 Å². The molecule has 0 aliphatic heterocycles. The van der Waals surface area contributed by atoms with Crippen LogP contribution in [0.5, 0.6) is 0 Å². The van der Waals surface area contributed by atoms with Gasteiger partial charge in [0.15, 0.2) is 0 Å². The Bertz CT molecular complexity index is 840. The molecule has 0 atom stereocenters. The molecule has 0 saturated heterocycles. The highest BCUT2D eigenvalue weighted by Crippen LogP contribution is 2.04. The Balaban J connectivity index is 1.59. The number of nitrogens with zero attached hydrogens (tertiary/aromatic N) is 7. The smallest absolute Gasteiger partial charge is 0.341 e. The number of methoxy groups -OCH3 is 1. The zero-order valence-electron chi connectivity index (χ0n) is 13.5. The first-order chi connectivity index (χ1) is 11.6. The van der Waals surface area contributed by atoms with Gasteiger partial charge < -0.3 is 4.74 Å². The summed E-state index contributed by atoms with van der Waals surface area (Å²) in [6.07, 6.45) is 9.14. The molecule has 0 amide bonds. The van der Waals surface area contributed by atoms with Crippen molar-refractivity contribution in [1.29, 1.82) is 0 Å². The van der Waals surface area contributed by atoms with Crippen molar-refractivity contribution >= 4 is 5.97 Å². The molecule has 0 N–H and O–H groups in total. The molecule has 0 radical (unpaired) electrons. The summed E-state index contributed by atoms with van der Waals surface area (Å²) >= 11 is 0. The number of carbonyl (C=O) groups excluding carboxylic acids is 1. The Labute approximate surface area is 138 Å². The fourth-order valence-electron chi connectivity index (χ4n) is 2.22. The number of aromatic nitrogens is 7. The number of ether oxygens (including phenoxy) is 1. The van der Waals surface area contributed by atoms with Crippen molar-refractivity contribution in [2.45, 2.75) is 26.4 Å². The highest BCUT2D eigenvalue weighted by atomic mass is 16.5. The van der Waals surface area contributed by atoms with Crippen molar-refractivity contribution < 1.29 is 9.53 Å². The molecule has 124 valence electrons. The van der Waals surface area contributed by atoms with Crippen LogP contribution in [0.1, 0.15) is 27.4 Å². The van der Waals surface area contributed by atoms with Crippen molar-refractivity contribution in [3.63, 3.8) is 0 Å². The maximum Gasteiger partial charge on any atom is 0.341 e.